The lowest BCUT2D eigenvalue weighted by Gasteiger charge is -1.86. The van der Waals surface area contributed by atoms with Gasteiger partial charge in [-0.3, -0.25) is 0 Å². The van der Waals surface area contributed by atoms with Crippen LogP contribution in [0.25, 0.3) is 0 Å². The number of hydrogen-bond acceptors (Lipinski definition) is 0. The van der Waals surface area contributed by atoms with E-state index >= 15 is 0 Å². The molecule has 0 saturated carbocycles. The van der Waals surface area contributed by atoms with Crippen molar-refractivity contribution in [1.29, 1.82) is 0 Å². The molecule has 0 atom stereocenters. The fourth-order valence-electron chi connectivity index (χ4n) is 0.757. The van der Waals surface area contributed by atoms with Gasteiger partial charge in [-0.05, 0) is 18.4 Å². The van der Waals surface area contributed by atoms with Crippen LogP contribution in [0.15, 0.2) is 61.3 Å². The van der Waals surface area contributed by atoms with Crippen LogP contribution in [0.1, 0.15) is 19.8 Å². The first-order valence-electron chi connectivity index (χ1n) is 4.60. The Balaban J connectivity index is 3.77. The van der Waals surface area contributed by atoms with Crippen LogP contribution in [0, 0.1) is 0 Å². The fraction of sp³-hybridized carbons (Fsp3) is 0.231. The summed E-state index contributed by atoms with van der Waals surface area (Å²) < 4.78 is 0. The van der Waals surface area contributed by atoms with Crippen LogP contribution in [0.4, 0.5) is 0 Å². The standard InChI is InChI=1S/C13H18/c1-4-6-8-9-10-12-13(3)11-7-5-2/h4,7-12H,1,3,5-6H2,2H3/b9-8-,11-7-,12-10-. The van der Waals surface area contributed by atoms with Gasteiger partial charge in [-0.1, -0.05) is 56.0 Å². The molecule has 0 spiro atoms. The highest BCUT2D eigenvalue weighted by Crippen LogP contribution is 1.97. The van der Waals surface area contributed by atoms with E-state index in [2.05, 4.69) is 32.2 Å². The van der Waals surface area contributed by atoms with E-state index in [0.29, 0.717) is 0 Å². The first-order valence-corrected chi connectivity index (χ1v) is 4.60. The minimum Gasteiger partial charge on any atom is -0.103 e. The van der Waals surface area contributed by atoms with Crippen molar-refractivity contribution in [2.45, 2.75) is 19.8 Å². The van der Waals surface area contributed by atoms with E-state index in [-0.39, 0.29) is 0 Å². The molecule has 0 aliphatic heterocycles. The number of hydrogen-bond donors (Lipinski definition) is 0. The predicted octanol–water partition coefficient (Wildman–Crippen LogP) is 4.20. The Labute approximate surface area is 81.7 Å². The molecule has 0 nitrogen and oxygen atoms in total. The van der Waals surface area contributed by atoms with Crippen molar-refractivity contribution in [2.75, 3.05) is 0 Å². The lowest BCUT2D eigenvalue weighted by molar-refractivity contribution is 1.22. The first-order chi connectivity index (χ1) is 6.31. The second kappa shape index (κ2) is 8.79. The van der Waals surface area contributed by atoms with Crippen LogP contribution >= 0.6 is 0 Å². The smallest absolute Gasteiger partial charge is 0.0169 e. The molecular formula is C13H18. The molecule has 0 amide bonds. The molecule has 0 heteroatoms. The van der Waals surface area contributed by atoms with E-state index in [4.69, 9.17) is 0 Å². The predicted molar refractivity (Wildman–Crippen MR) is 61.7 cm³/mol. The molecule has 0 bridgehead atoms. The third kappa shape index (κ3) is 8.61. The Bertz CT molecular complexity index is 226. The van der Waals surface area contributed by atoms with Crippen molar-refractivity contribution in [3.05, 3.63) is 61.3 Å². The van der Waals surface area contributed by atoms with Gasteiger partial charge in [-0.2, -0.15) is 0 Å². The highest BCUT2D eigenvalue weighted by atomic mass is 13.8. The second-order valence-electron chi connectivity index (χ2n) is 2.70. The van der Waals surface area contributed by atoms with E-state index in [1.54, 1.807) is 0 Å². The van der Waals surface area contributed by atoms with Crippen LogP contribution in [-0.2, 0) is 0 Å². The zero-order chi connectivity index (χ0) is 9.94. The normalized spacial score (nSPS) is 11.8. The summed E-state index contributed by atoms with van der Waals surface area (Å²) in [5.74, 6) is 0. The summed E-state index contributed by atoms with van der Waals surface area (Å²) in [5.41, 5.74) is 1.03. The zero-order valence-corrected chi connectivity index (χ0v) is 8.37. The second-order valence-corrected chi connectivity index (χ2v) is 2.70. The zero-order valence-electron chi connectivity index (χ0n) is 8.37. The van der Waals surface area contributed by atoms with E-state index in [1.807, 2.05) is 30.4 Å². The maximum absolute atomic E-state index is 3.88. The molecule has 0 heterocycles. The molecule has 0 N–H and O–H groups in total. The molecule has 0 aromatic carbocycles. The van der Waals surface area contributed by atoms with Gasteiger partial charge in [0.15, 0.2) is 0 Å². The first kappa shape index (κ1) is 11.7. The molecular weight excluding hydrogens is 156 g/mol. The van der Waals surface area contributed by atoms with Crippen molar-refractivity contribution in [3.8, 4) is 0 Å². The maximum atomic E-state index is 3.88. The SMILES string of the molecule is C=CC/C=C\C=C/C(=C)/C=C\CC. The molecule has 0 saturated heterocycles. The number of rotatable bonds is 6. The molecule has 0 aliphatic carbocycles. The Morgan fingerprint density at radius 3 is 2.54 bits per heavy atom. The topological polar surface area (TPSA) is 0 Å². The highest BCUT2D eigenvalue weighted by molar-refractivity contribution is 5.29. The Morgan fingerprint density at radius 2 is 1.92 bits per heavy atom. The third-order valence-corrected chi connectivity index (χ3v) is 1.43. The van der Waals surface area contributed by atoms with Crippen molar-refractivity contribution < 1.29 is 0 Å². The van der Waals surface area contributed by atoms with Gasteiger partial charge in [-0.15, -0.1) is 6.58 Å². The monoisotopic (exact) mass is 174 g/mol. The molecule has 0 aromatic rings. The minimum absolute atomic E-state index is 0.918. The highest BCUT2D eigenvalue weighted by Gasteiger charge is 1.76. The van der Waals surface area contributed by atoms with E-state index in [1.165, 1.54) is 0 Å². The minimum atomic E-state index is 0.918. The largest absolute Gasteiger partial charge is 0.103 e. The summed E-state index contributed by atoms with van der Waals surface area (Å²) in [6, 6.07) is 0. The molecule has 0 unspecified atom stereocenters. The van der Waals surface area contributed by atoms with Crippen molar-refractivity contribution in [2.24, 2.45) is 0 Å². The molecule has 0 aliphatic rings. The van der Waals surface area contributed by atoms with Crippen LogP contribution < -0.4 is 0 Å². The molecule has 13 heavy (non-hydrogen) atoms. The van der Waals surface area contributed by atoms with Gasteiger partial charge in [0.25, 0.3) is 0 Å². The maximum Gasteiger partial charge on any atom is -0.0169 e. The summed E-state index contributed by atoms with van der Waals surface area (Å²) in [5, 5.41) is 0. The molecule has 0 fully saturated rings. The average Bonchev–Trinajstić information content (AvgIpc) is 2.14. The van der Waals surface area contributed by atoms with E-state index < -0.39 is 0 Å². The summed E-state index contributed by atoms with van der Waals surface area (Å²) in [4.78, 5) is 0. The lowest BCUT2D eigenvalue weighted by Crippen LogP contribution is -1.65. The summed E-state index contributed by atoms with van der Waals surface area (Å²) >= 11 is 0. The molecule has 0 aromatic heterocycles. The Kier molecular flexibility index (Phi) is 7.91. The Hall–Kier alpha value is -1.30. The van der Waals surface area contributed by atoms with E-state index in [0.717, 1.165) is 18.4 Å². The van der Waals surface area contributed by atoms with Gasteiger partial charge in [-0.25, -0.2) is 0 Å². The Morgan fingerprint density at radius 1 is 1.15 bits per heavy atom. The fourth-order valence-corrected chi connectivity index (χ4v) is 0.757. The van der Waals surface area contributed by atoms with E-state index in [9.17, 15) is 0 Å². The van der Waals surface area contributed by atoms with Gasteiger partial charge < -0.3 is 0 Å². The van der Waals surface area contributed by atoms with Gasteiger partial charge in [0, 0.05) is 0 Å². The van der Waals surface area contributed by atoms with Gasteiger partial charge in [0.1, 0.15) is 0 Å². The molecule has 70 valence electrons. The molecule has 0 rings (SSSR count). The third-order valence-electron chi connectivity index (χ3n) is 1.43. The van der Waals surface area contributed by atoms with Gasteiger partial charge >= 0.3 is 0 Å². The van der Waals surface area contributed by atoms with Crippen LogP contribution in [0.2, 0.25) is 0 Å². The summed E-state index contributed by atoms with van der Waals surface area (Å²) in [6.07, 6.45) is 16.0. The number of allylic oxidation sites excluding steroid dienone is 8. The lowest BCUT2D eigenvalue weighted by atomic mass is 10.2. The van der Waals surface area contributed by atoms with Crippen LogP contribution in [0.5, 0.6) is 0 Å². The molecule has 0 radical (unpaired) electrons. The van der Waals surface area contributed by atoms with Crippen molar-refractivity contribution >= 4 is 0 Å². The van der Waals surface area contributed by atoms with Gasteiger partial charge in [0.05, 0.1) is 0 Å². The van der Waals surface area contributed by atoms with Crippen molar-refractivity contribution in [3.63, 3.8) is 0 Å². The quantitative estimate of drug-likeness (QED) is 0.418. The summed E-state index contributed by atoms with van der Waals surface area (Å²) in [6.45, 7) is 9.62. The van der Waals surface area contributed by atoms with Gasteiger partial charge in [0.2, 0.25) is 0 Å². The van der Waals surface area contributed by atoms with Crippen LogP contribution in [0.3, 0.4) is 0 Å². The van der Waals surface area contributed by atoms with Crippen LogP contribution in [-0.4, -0.2) is 0 Å². The average molecular weight is 174 g/mol. The summed E-state index contributed by atoms with van der Waals surface area (Å²) in [7, 11) is 0. The van der Waals surface area contributed by atoms with Crippen molar-refractivity contribution in [1.82, 2.24) is 0 Å².